The first-order valence-corrected chi connectivity index (χ1v) is 9.77. The minimum atomic E-state index is -1.52. The lowest BCUT2D eigenvalue weighted by atomic mass is 10.4. The van der Waals surface area contributed by atoms with Crippen LogP contribution >= 0.6 is 8.30 Å². The van der Waals surface area contributed by atoms with Gasteiger partial charge in [0.25, 0.3) is 0 Å². The number of esters is 1. The number of nitrogen functional groups attached to an aromatic ring is 1. The van der Waals surface area contributed by atoms with Crippen molar-refractivity contribution in [2.45, 2.75) is 45.9 Å². The van der Waals surface area contributed by atoms with E-state index in [1.807, 2.05) is 11.5 Å². The van der Waals surface area contributed by atoms with E-state index in [-0.39, 0.29) is 30.9 Å². The van der Waals surface area contributed by atoms with Crippen LogP contribution in [0.4, 0.5) is 5.82 Å². The molecule has 0 aromatic carbocycles. The van der Waals surface area contributed by atoms with Gasteiger partial charge in [0.05, 0.1) is 31.5 Å². The third-order valence-electron chi connectivity index (χ3n) is 3.36. The zero-order chi connectivity index (χ0) is 19.1. The van der Waals surface area contributed by atoms with Crippen molar-refractivity contribution < 1.29 is 19.2 Å². The van der Waals surface area contributed by atoms with Crippen molar-refractivity contribution in [2.75, 3.05) is 18.6 Å². The lowest BCUT2D eigenvalue weighted by Gasteiger charge is -2.17. The molecule has 2 atom stereocenters. The van der Waals surface area contributed by atoms with E-state index in [1.165, 1.54) is 6.33 Å². The van der Waals surface area contributed by atoms with E-state index in [4.69, 9.17) is 15.2 Å². The van der Waals surface area contributed by atoms with Gasteiger partial charge in [-0.15, -0.1) is 0 Å². The molecule has 2 rings (SSSR count). The molecule has 0 bridgehead atoms. The quantitative estimate of drug-likeness (QED) is 0.405. The second kappa shape index (κ2) is 9.72. The largest absolute Gasteiger partial charge is 0.463 e. The highest BCUT2D eigenvalue weighted by atomic mass is 31.2. The molecule has 0 spiro atoms. The zero-order valence-electron chi connectivity index (χ0n) is 15.1. The fourth-order valence-electron chi connectivity index (χ4n) is 2.21. The summed E-state index contributed by atoms with van der Waals surface area (Å²) in [6, 6.07) is 0. The van der Waals surface area contributed by atoms with Crippen molar-refractivity contribution in [3.05, 3.63) is 12.7 Å². The lowest BCUT2D eigenvalue weighted by Crippen LogP contribution is -2.21. The highest BCUT2D eigenvalue weighted by Gasteiger charge is 2.13. The molecule has 26 heavy (non-hydrogen) atoms. The number of anilines is 1. The Morgan fingerprint density at radius 3 is 2.88 bits per heavy atom. The van der Waals surface area contributed by atoms with E-state index in [0.29, 0.717) is 30.1 Å². The number of hydrogen-bond acceptors (Lipinski definition) is 9. The second-order valence-corrected chi connectivity index (χ2v) is 7.40. The number of hydrogen-bond donors (Lipinski definition) is 3. The van der Waals surface area contributed by atoms with Crippen molar-refractivity contribution in [2.24, 2.45) is 0 Å². The van der Waals surface area contributed by atoms with Gasteiger partial charge in [0.15, 0.2) is 11.5 Å². The zero-order valence-corrected chi connectivity index (χ0v) is 16.0. The molecular weight excluding hydrogens is 359 g/mol. The van der Waals surface area contributed by atoms with Crippen LogP contribution in [0.1, 0.15) is 27.2 Å². The Bertz CT molecular complexity index is 725. The first-order valence-electron chi connectivity index (χ1n) is 8.29. The standard InChI is InChI=1S/C15H25N6O4P/c1-10(2)25-12(22)4-5-20-26(23)9-24-11(3)6-21-8-19-13-14(16)17-7-18-15(13)21/h7-8,10-11,20,23H,4-6,9H2,1-3H3,(H2,16,17,18). The number of imidazole rings is 1. The highest BCUT2D eigenvalue weighted by molar-refractivity contribution is 7.49. The van der Waals surface area contributed by atoms with Crippen molar-refractivity contribution in [1.82, 2.24) is 24.6 Å². The van der Waals surface area contributed by atoms with Gasteiger partial charge in [-0.05, 0) is 20.8 Å². The normalized spacial score (nSPS) is 13.9. The van der Waals surface area contributed by atoms with Crippen LogP contribution in [0, 0.1) is 0 Å². The van der Waals surface area contributed by atoms with Gasteiger partial charge in [-0.25, -0.2) is 15.0 Å². The number of ether oxygens (including phenoxy) is 2. The Labute approximate surface area is 153 Å². The third kappa shape index (κ3) is 6.14. The van der Waals surface area contributed by atoms with Gasteiger partial charge in [-0.2, -0.15) is 0 Å². The fourth-order valence-corrected chi connectivity index (χ4v) is 3.07. The maximum atomic E-state index is 11.4. The van der Waals surface area contributed by atoms with Gasteiger partial charge in [0.2, 0.25) is 0 Å². The van der Waals surface area contributed by atoms with Gasteiger partial charge >= 0.3 is 5.97 Å². The number of rotatable bonds is 10. The molecule has 0 fully saturated rings. The van der Waals surface area contributed by atoms with Crippen LogP contribution in [0.2, 0.25) is 0 Å². The van der Waals surface area contributed by atoms with Crippen molar-refractivity contribution >= 4 is 31.3 Å². The van der Waals surface area contributed by atoms with Gasteiger partial charge in [0.1, 0.15) is 26.5 Å². The number of aromatic nitrogens is 4. The Morgan fingerprint density at radius 2 is 2.15 bits per heavy atom. The van der Waals surface area contributed by atoms with E-state index >= 15 is 0 Å². The average molecular weight is 384 g/mol. The first-order chi connectivity index (χ1) is 12.4. The van der Waals surface area contributed by atoms with Crippen molar-refractivity contribution in [1.29, 1.82) is 0 Å². The molecule has 4 N–H and O–H groups in total. The first kappa shape index (κ1) is 20.4. The van der Waals surface area contributed by atoms with E-state index in [0.717, 1.165) is 0 Å². The summed E-state index contributed by atoms with van der Waals surface area (Å²) in [5, 5.41) is 2.88. The third-order valence-corrected chi connectivity index (χ3v) is 4.34. The topological polar surface area (TPSA) is 137 Å². The Hall–Kier alpha value is -1.87. The number of nitrogens with one attached hydrogen (secondary N) is 1. The number of carbonyl (C=O) groups is 1. The number of nitrogens with two attached hydrogens (primary N) is 1. The maximum Gasteiger partial charge on any atom is 0.307 e. The van der Waals surface area contributed by atoms with E-state index in [1.54, 1.807) is 20.2 Å². The number of carbonyl (C=O) groups excluding carboxylic acids is 1. The van der Waals surface area contributed by atoms with E-state index in [2.05, 4.69) is 20.0 Å². The van der Waals surface area contributed by atoms with Crippen LogP contribution < -0.4 is 10.8 Å². The number of nitrogens with zero attached hydrogens (tertiary/aromatic N) is 4. The molecule has 144 valence electrons. The predicted octanol–water partition coefficient (Wildman–Crippen LogP) is 1.01. The molecule has 0 radical (unpaired) electrons. The summed E-state index contributed by atoms with van der Waals surface area (Å²) in [5.74, 6) is 0.0415. The molecule has 0 aliphatic rings. The SMILES string of the molecule is CC(C)OC(=O)CCNP(O)COC(C)Cn1cnc2c(N)ncnc21. The smallest absolute Gasteiger partial charge is 0.307 e. The fraction of sp³-hybridized carbons (Fsp3) is 0.600. The molecule has 0 saturated carbocycles. The highest BCUT2D eigenvalue weighted by Crippen LogP contribution is 2.24. The Morgan fingerprint density at radius 1 is 1.38 bits per heavy atom. The van der Waals surface area contributed by atoms with Gasteiger partial charge in [0, 0.05) is 6.54 Å². The van der Waals surface area contributed by atoms with E-state index < -0.39 is 8.30 Å². The summed E-state index contributed by atoms with van der Waals surface area (Å²) < 4.78 is 12.5. The summed E-state index contributed by atoms with van der Waals surface area (Å²) >= 11 is 0. The van der Waals surface area contributed by atoms with Crippen LogP contribution in [-0.4, -0.2) is 55.5 Å². The van der Waals surface area contributed by atoms with Gasteiger partial charge in [-0.1, -0.05) is 0 Å². The minimum Gasteiger partial charge on any atom is -0.463 e. The molecule has 11 heteroatoms. The average Bonchev–Trinajstić information content (AvgIpc) is 2.97. The number of fused-ring (bicyclic) bond motifs is 1. The predicted molar refractivity (Wildman–Crippen MR) is 98.1 cm³/mol. The molecule has 10 nitrogen and oxygen atoms in total. The summed E-state index contributed by atoms with van der Waals surface area (Å²) in [5.41, 5.74) is 6.96. The van der Waals surface area contributed by atoms with Crippen molar-refractivity contribution in [3.63, 3.8) is 0 Å². The molecule has 0 aliphatic heterocycles. The molecule has 0 aliphatic carbocycles. The Kier molecular flexibility index (Phi) is 7.65. The summed E-state index contributed by atoms with van der Waals surface area (Å²) in [7, 11) is -1.52. The molecule has 2 aromatic rings. The molecular formula is C15H25N6O4P. The monoisotopic (exact) mass is 384 g/mol. The van der Waals surface area contributed by atoms with Gasteiger partial charge < -0.3 is 24.7 Å². The van der Waals surface area contributed by atoms with Crippen LogP contribution in [0.5, 0.6) is 0 Å². The summed E-state index contributed by atoms with van der Waals surface area (Å²) in [6.07, 6.45) is 3.07. The molecule has 2 aromatic heterocycles. The van der Waals surface area contributed by atoms with Crippen LogP contribution in [0.25, 0.3) is 11.2 Å². The molecule has 0 saturated heterocycles. The second-order valence-electron chi connectivity index (χ2n) is 6.03. The molecule has 0 amide bonds. The lowest BCUT2D eigenvalue weighted by molar-refractivity contribution is -0.147. The van der Waals surface area contributed by atoms with Crippen LogP contribution in [0.15, 0.2) is 12.7 Å². The van der Waals surface area contributed by atoms with E-state index in [9.17, 15) is 9.69 Å². The minimum absolute atomic E-state index is 0.137. The van der Waals surface area contributed by atoms with Crippen molar-refractivity contribution in [3.8, 4) is 0 Å². The Balaban J connectivity index is 1.71. The maximum absolute atomic E-state index is 11.4. The van der Waals surface area contributed by atoms with Crippen LogP contribution in [-0.2, 0) is 20.8 Å². The van der Waals surface area contributed by atoms with Gasteiger partial charge in [-0.3, -0.25) is 9.88 Å². The summed E-state index contributed by atoms with van der Waals surface area (Å²) in [6.45, 7) is 6.33. The molecule has 2 unspecified atom stereocenters. The van der Waals surface area contributed by atoms with Crippen LogP contribution in [0.3, 0.4) is 0 Å². The molecule has 2 heterocycles. The summed E-state index contributed by atoms with van der Waals surface area (Å²) in [4.78, 5) is 33.6.